The number of hydrogen-bond acceptors (Lipinski definition) is 2. The van der Waals surface area contributed by atoms with Gasteiger partial charge in [0.05, 0.1) is 7.11 Å². The Morgan fingerprint density at radius 1 is 1.50 bits per heavy atom. The van der Waals surface area contributed by atoms with Gasteiger partial charge in [-0.15, -0.1) is 0 Å². The molecule has 1 N–H and O–H groups in total. The van der Waals surface area contributed by atoms with Gasteiger partial charge in [-0.1, -0.05) is 19.4 Å². The van der Waals surface area contributed by atoms with E-state index >= 15 is 0 Å². The molecule has 1 aromatic heterocycles. The zero-order valence-corrected chi connectivity index (χ0v) is 12.0. The monoisotopic (exact) mass is 272 g/mol. The van der Waals surface area contributed by atoms with E-state index < -0.39 is 0 Å². The fraction of sp³-hybridized carbons (Fsp3) is 0.438. The molecule has 2 aromatic rings. The molecule has 1 fully saturated rings. The molecule has 1 atom stereocenters. The summed E-state index contributed by atoms with van der Waals surface area (Å²) < 4.78 is 5.34. The average molecular weight is 272 g/mol. The number of ether oxygens (including phenoxy) is 1. The number of fused-ring (bicyclic) bond motifs is 1. The quantitative estimate of drug-likeness (QED) is 0.933. The minimum absolute atomic E-state index is 0.0965. The van der Waals surface area contributed by atoms with Crippen LogP contribution in [0, 0.1) is 5.92 Å². The highest BCUT2D eigenvalue weighted by Gasteiger charge is 2.26. The maximum absolute atomic E-state index is 12.5. The van der Waals surface area contributed by atoms with E-state index in [1.165, 1.54) is 0 Å². The first-order valence-electron chi connectivity index (χ1n) is 7.18. The van der Waals surface area contributed by atoms with Crippen LogP contribution in [0.4, 0.5) is 0 Å². The molecule has 1 aliphatic rings. The van der Waals surface area contributed by atoms with E-state index in [0.29, 0.717) is 11.6 Å². The number of nitrogens with one attached hydrogen (secondary N) is 1. The number of methoxy groups -OCH3 is 1. The lowest BCUT2D eigenvalue weighted by molar-refractivity contribution is 0.0782. The molecule has 0 radical (unpaired) electrons. The molecule has 0 unspecified atom stereocenters. The van der Waals surface area contributed by atoms with E-state index in [2.05, 4.69) is 11.9 Å². The first-order valence-corrected chi connectivity index (χ1v) is 7.18. The van der Waals surface area contributed by atoms with Gasteiger partial charge in [-0.25, -0.2) is 0 Å². The Bertz CT molecular complexity index is 632. The van der Waals surface area contributed by atoms with Crippen LogP contribution in [0.5, 0.6) is 5.75 Å². The van der Waals surface area contributed by atoms with E-state index in [4.69, 9.17) is 4.74 Å². The predicted molar refractivity (Wildman–Crippen MR) is 79.2 cm³/mol. The third-order valence-electron chi connectivity index (χ3n) is 4.22. The van der Waals surface area contributed by atoms with Crippen molar-refractivity contribution in [2.45, 2.75) is 19.8 Å². The number of carbonyl (C=O) groups is 1. The number of nitrogens with zero attached hydrogens (tertiary/aromatic N) is 1. The summed E-state index contributed by atoms with van der Waals surface area (Å²) in [6.07, 6.45) is 2.26. The number of aromatic nitrogens is 1. The van der Waals surface area contributed by atoms with Gasteiger partial charge in [0.15, 0.2) is 0 Å². The van der Waals surface area contributed by atoms with Crippen molar-refractivity contribution < 1.29 is 9.53 Å². The van der Waals surface area contributed by atoms with Gasteiger partial charge in [0.1, 0.15) is 11.4 Å². The molecule has 4 nitrogen and oxygen atoms in total. The van der Waals surface area contributed by atoms with Crippen LogP contribution < -0.4 is 4.74 Å². The van der Waals surface area contributed by atoms with Crippen molar-refractivity contribution in [1.82, 2.24) is 9.88 Å². The number of amides is 1. The van der Waals surface area contributed by atoms with Gasteiger partial charge in [-0.05, 0) is 30.5 Å². The SMILES string of the molecule is CC[C@@H]1CCN(C(=O)c2cc3c(OC)cccc3[nH]2)C1. The van der Waals surface area contributed by atoms with Crippen LogP contribution in [0.2, 0.25) is 0 Å². The van der Waals surface area contributed by atoms with E-state index in [1.54, 1.807) is 7.11 Å². The number of carbonyl (C=O) groups excluding carboxylic acids is 1. The van der Waals surface area contributed by atoms with Crippen molar-refractivity contribution >= 4 is 16.8 Å². The second-order valence-corrected chi connectivity index (χ2v) is 5.42. The lowest BCUT2D eigenvalue weighted by Crippen LogP contribution is -2.28. The van der Waals surface area contributed by atoms with Crippen LogP contribution in [0.15, 0.2) is 24.3 Å². The molecule has 20 heavy (non-hydrogen) atoms. The number of hydrogen-bond donors (Lipinski definition) is 1. The van der Waals surface area contributed by atoms with Gasteiger partial charge in [0.25, 0.3) is 5.91 Å². The van der Waals surface area contributed by atoms with Crippen molar-refractivity contribution in [2.24, 2.45) is 5.92 Å². The fourth-order valence-electron chi connectivity index (χ4n) is 2.94. The number of benzene rings is 1. The molecular formula is C16H20N2O2. The zero-order valence-electron chi connectivity index (χ0n) is 12.0. The smallest absolute Gasteiger partial charge is 0.270 e. The topological polar surface area (TPSA) is 45.3 Å². The van der Waals surface area contributed by atoms with Gasteiger partial charge in [-0.3, -0.25) is 4.79 Å². The summed E-state index contributed by atoms with van der Waals surface area (Å²) in [6, 6.07) is 7.70. The summed E-state index contributed by atoms with van der Waals surface area (Å²) in [7, 11) is 1.65. The standard InChI is InChI=1S/C16H20N2O2/c1-3-11-7-8-18(10-11)16(19)14-9-12-13(17-14)5-4-6-15(12)20-2/h4-6,9,11,17H,3,7-8,10H2,1-2H3/t11-/m1/s1. The van der Waals surface area contributed by atoms with Crippen LogP contribution in [-0.4, -0.2) is 36.0 Å². The number of rotatable bonds is 3. The Morgan fingerprint density at radius 2 is 2.35 bits per heavy atom. The molecule has 4 heteroatoms. The van der Waals surface area contributed by atoms with E-state index in [-0.39, 0.29) is 5.91 Å². The van der Waals surface area contributed by atoms with E-state index in [1.807, 2.05) is 29.2 Å². The lowest BCUT2D eigenvalue weighted by atomic mass is 10.1. The Labute approximate surface area is 118 Å². The van der Waals surface area contributed by atoms with E-state index in [9.17, 15) is 4.79 Å². The molecule has 3 rings (SSSR count). The van der Waals surface area contributed by atoms with Gasteiger partial charge >= 0.3 is 0 Å². The minimum atomic E-state index is 0.0965. The number of likely N-dealkylation sites (tertiary alicyclic amines) is 1. The normalized spacial score (nSPS) is 18.7. The molecule has 1 saturated heterocycles. The molecule has 1 amide bonds. The van der Waals surface area contributed by atoms with Gasteiger partial charge < -0.3 is 14.6 Å². The fourth-order valence-corrected chi connectivity index (χ4v) is 2.94. The summed E-state index contributed by atoms with van der Waals surface area (Å²) in [5.41, 5.74) is 1.60. The first kappa shape index (κ1) is 13.0. The highest BCUT2D eigenvalue weighted by molar-refractivity contribution is 5.99. The number of H-pyrrole nitrogens is 1. The molecule has 1 aromatic carbocycles. The summed E-state index contributed by atoms with van der Waals surface area (Å²) >= 11 is 0. The maximum atomic E-state index is 12.5. The zero-order chi connectivity index (χ0) is 14.1. The molecule has 0 bridgehead atoms. The summed E-state index contributed by atoms with van der Waals surface area (Å²) in [5, 5.41) is 0.963. The van der Waals surface area contributed by atoms with Gasteiger partial charge in [0.2, 0.25) is 0 Å². The van der Waals surface area contributed by atoms with Gasteiger partial charge in [0, 0.05) is 24.0 Å². The van der Waals surface area contributed by atoms with Crippen molar-refractivity contribution in [1.29, 1.82) is 0 Å². The third-order valence-corrected chi connectivity index (χ3v) is 4.22. The Balaban J connectivity index is 1.89. The molecular weight excluding hydrogens is 252 g/mol. The highest BCUT2D eigenvalue weighted by Crippen LogP contribution is 2.27. The minimum Gasteiger partial charge on any atom is -0.496 e. The predicted octanol–water partition coefficient (Wildman–Crippen LogP) is 3.05. The molecule has 0 aliphatic carbocycles. The van der Waals surface area contributed by atoms with E-state index in [0.717, 1.165) is 42.6 Å². The maximum Gasteiger partial charge on any atom is 0.270 e. The van der Waals surface area contributed by atoms with Gasteiger partial charge in [-0.2, -0.15) is 0 Å². The van der Waals surface area contributed by atoms with Crippen molar-refractivity contribution in [3.63, 3.8) is 0 Å². The van der Waals surface area contributed by atoms with Crippen LogP contribution in [0.3, 0.4) is 0 Å². The molecule has 0 spiro atoms. The average Bonchev–Trinajstić information content (AvgIpc) is 3.12. The second kappa shape index (κ2) is 5.19. The van der Waals surface area contributed by atoms with Crippen molar-refractivity contribution in [2.75, 3.05) is 20.2 Å². The molecule has 0 saturated carbocycles. The van der Waals surface area contributed by atoms with Crippen LogP contribution in [0.25, 0.3) is 10.9 Å². The molecule has 1 aliphatic heterocycles. The summed E-state index contributed by atoms with van der Waals surface area (Å²) in [6.45, 7) is 3.93. The van der Waals surface area contributed by atoms with Crippen LogP contribution >= 0.6 is 0 Å². The third kappa shape index (κ3) is 2.15. The molecule has 106 valence electrons. The largest absolute Gasteiger partial charge is 0.496 e. The second-order valence-electron chi connectivity index (χ2n) is 5.42. The van der Waals surface area contributed by atoms with Crippen LogP contribution in [-0.2, 0) is 0 Å². The highest BCUT2D eigenvalue weighted by atomic mass is 16.5. The number of aromatic amines is 1. The first-order chi connectivity index (χ1) is 9.72. The summed E-state index contributed by atoms with van der Waals surface area (Å²) in [5.74, 6) is 1.54. The van der Waals surface area contributed by atoms with Crippen LogP contribution in [0.1, 0.15) is 30.3 Å². The Morgan fingerprint density at radius 3 is 3.05 bits per heavy atom. The summed E-state index contributed by atoms with van der Waals surface area (Å²) in [4.78, 5) is 17.7. The lowest BCUT2D eigenvalue weighted by Gasteiger charge is -2.15. The Hall–Kier alpha value is -1.97. The Kier molecular flexibility index (Phi) is 3.38. The van der Waals surface area contributed by atoms with Crippen molar-refractivity contribution in [3.8, 4) is 5.75 Å². The molecule has 2 heterocycles. The van der Waals surface area contributed by atoms with Crippen molar-refractivity contribution in [3.05, 3.63) is 30.0 Å².